The number of aliphatic imine (C=N–C) groups is 1. The Hall–Kier alpha value is -6.74. The van der Waals surface area contributed by atoms with E-state index < -0.39 is 205 Å². The molecule has 5 atom stereocenters. The van der Waals surface area contributed by atoms with Gasteiger partial charge < -0.3 is 14.6 Å². The molecular formula is C66H74ClF10N6O12PS2. The average molecular weight is 1460 g/mol. The number of alkyl halides is 8. The Balaban J connectivity index is 1.29. The molecule has 1 aliphatic heterocycles. The SMILES string of the molecule is Cc1cc(CC(=O)OC(C)(C)C)c(C(C)(C)CC(=O)N(Cc2nn(CC(F)(F)F)c3c(-c4ccc(C#CC(C)(C)S(C)(=O)=O)nc4[C@H](Cc4cc(F)cc(F)c4)NC(=O)CC4N=C(C(F)(F)F)C5=C4C(F)(F)[C@@H]4C[C@H]54)ccc(Cl)c23)S(=O)O)c(OP(=O)(OC(C)(C)C)OC(C)(C)C)c1. The molecule has 32 heteroatoms. The van der Waals surface area contributed by atoms with Crippen molar-refractivity contribution in [2.75, 3.05) is 6.26 Å². The summed E-state index contributed by atoms with van der Waals surface area (Å²) in [6.07, 6.45) is -12.9. The molecule has 2 unspecified atom stereocenters. The van der Waals surface area contributed by atoms with Crippen LogP contribution in [0.15, 0.2) is 70.7 Å². The molecule has 3 heterocycles. The number of benzene rings is 3. The minimum Gasteiger partial charge on any atom is -0.460 e. The van der Waals surface area contributed by atoms with E-state index in [1.165, 1.54) is 52.0 Å². The summed E-state index contributed by atoms with van der Waals surface area (Å²) in [6, 6.07) is 5.99. The van der Waals surface area contributed by atoms with Crippen LogP contribution in [0.25, 0.3) is 22.0 Å². The maximum absolute atomic E-state index is 15.9. The highest BCUT2D eigenvalue weighted by Crippen LogP contribution is 2.66. The van der Waals surface area contributed by atoms with Gasteiger partial charge in [-0.05, 0) is 166 Å². The van der Waals surface area contributed by atoms with Crippen molar-refractivity contribution in [2.24, 2.45) is 16.8 Å². The smallest absolute Gasteiger partial charge is 0.460 e. The number of aryl methyl sites for hydroxylation is 1. The number of phosphoric ester groups is 1. The van der Waals surface area contributed by atoms with E-state index in [0.29, 0.717) is 20.6 Å². The van der Waals surface area contributed by atoms with Gasteiger partial charge in [-0.15, -0.1) is 0 Å². The molecule has 8 rings (SSSR count). The number of fused-ring (bicyclic) bond motifs is 3. The number of carbonyl (C=O) groups is 3. The van der Waals surface area contributed by atoms with Gasteiger partial charge >= 0.3 is 26.1 Å². The molecule has 0 bridgehead atoms. The number of aromatic nitrogens is 3. The minimum atomic E-state index is -5.21. The standard InChI is InChI=1S/C66H74ClF10N6O12PS2/c1-34-22-36(27-51(86)92-59(2,3)4)54(48(23-34)93-96(87,94-60(5,6)7)95-61(8,9)10)62(11,12)31-50(85)83(97(88)89)32-47-53-44(67)19-18-41(57(53)82(81-47)33-64(70,71)72)40-17-16-39(20-21-63(13,14)98(15,90)91)78-56(40)46(26-35-24-37(68)28-38(69)25-35)79-49(84)30-45-55-52(58(80-45)66(75,76)77)42-29-43(42)65(55,73)74/h16-19,22-25,28,42-43,45-46H,26-27,29-33H2,1-15H3,(H,79,84)(H,88,89)/t42-,43+,45?,46-/m0/s1. The number of amides is 2. The second kappa shape index (κ2) is 27.0. The lowest BCUT2D eigenvalue weighted by molar-refractivity contribution is -0.154. The number of carbonyl (C=O) groups excluding carboxylic acids is 3. The summed E-state index contributed by atoms with van der Waals surface area (Å²) >= 11 is 3.57. The lowest BCUT2D eigenvalue weighted by atomic mass is 9.77. The Morgan fingerprint density at radius 2 is 1.49 bits per heavy atom. The van der Waals surface area contributed by atoms with Gasteiger partial charge in [-0.25, -0.2) is 44.0 Å². The van der Waals surface area contributed by atoms with Gasteiger partial charge in [-0.2, -0.15) is 31.4 Å². The summed E-state index contributed by atoms with van der Waals surface area (Å²) in [7, 11) is -8.63. The zero-order valence-electron chi connectivity index (χ0n) is 56.1. The van der Waals surface area contributed by atoms with E-state index in [2.05, 4.69) is 32.2 Å². The van der Waals surface area contributed by atoms with E-state index in [1.807, 2.05) is 0 Å². The minimum absolute atomic E-state index is 0.0483. The van der Waals surface area contributed by atoms with E-state index in [1.54, 1.807) is 75.3 Å². The number of phosphoric acid groups is 1. The van der Waals surface area contributed by atoms with Crippen LogP contribution in [-0.4, -0.2) is 112 Å². The molecule has 2 N–H and O–H groups in total. The van der Waals surface area contributed by atoms with Crippen LogP contribution < -0.4 is 9.84 Å². The van der Waals surface area contributed by atoms with Crippen LogP contribution in [-0.2, 0) is 85.2 Å². The number of rotatable bonds is 21. The van der Waals surface area contributed by atoms with Gasteiger partial charge in [-0.3, -0.25) is 37.7 Å². The molecule has 3 aromatic carbocycles. The predicted molar refractivity (Wildman–Crippen MR) is 346 cm³/mol. The maximum atomic E-state index is 15.9. The number of halogens is 11. The van der Waals surface area contributed by atoms with Gasteiger partial charge in [-0.1, -0.05) is 43.5 Å². The van der Waals surface area contributed by atoms with Crippen molar-refractivity contribution in [1.29, 1.82) is 0 Å². The number of pyridine rings is 1. The Labute approximate surface area is 568 Å². The van der Waals surface area contributed by atoms with E-state index in [9.17, 15) is 44.5 Å². The molecular weight excluding hydrogens is 1390 g/mol. The zero-order valence-corrected chi connectivity index (χ0v) is 59.3. The second-order valence-corrected chi connectivity index (χ2v) is 33.9. The van der Waals surface area contributed by atoms with Crippen molar-refractivity contribution >= 4 is 74.9 Å². The first-order valence-corrected chi connectivity index (χ1v) is 35.3. The van der Waals surface area contributed by atoms with Crippen molar-refractivity contribution in [2.45, 2.75) is 199 Å². The van der Waals surface area contributed by atoms with Gasteiger partial charge in [0.2, 0.25) is 11.8 Å². The van der Waals surface area contributed by atoms with Crippen LogP contribution in [0.4, 0.5) is 43.9 Å². The van der Waals surface area contributed by atoms with Crippen LogP contribution in [0.5, 0.6) is 5.75 Å². The number of nitrogens with one attached hydrogen (secondary N) is 1. The highest BCUT2D eigenvalue weighted by molar-refractivity contribution is 7.92. The summed E-state index contributed by atoms with van der Waals surface area (Å²) in [6.45, 7) is 18.5. The molecule has 0 spiro atoms. The quantitative estimate of drug-likeness (QED) is 0.0229. The van der Waals surface area contributed by atoms with Gasteiger partial charge in [0.25, 0.3) is 17.2 Å². The van der Waals surface area contributed by atoms with Gasteiger partial charge in [0, 0.05) is 57.7 Å². The third-order valence-electron chi connectivity index (χ3n) is 15.8. The number of allylic oxidation sites excluding steroid dienone is 1. The van der Waals surface area contributed by atoms with Crippen LogP contribution in [0.3, 0.4) is 0 Å². The first-order chi connectivity index (χ1) is 44.6. The highest BCUT2D eigenvalue weighted by Gasteiger charge is 2.70. The van der Waals surface area contributed by atoms with Crippen LogP contribution in [0.1, 0.15) is 155 Å². The number of hydrogen-bond donors (Lipinski definition) is 2. The maximum Gasteiger partial charge on any atom is 0.531 e. The molecule has 0 saturated heterocycles. The van der Waals surface area contributed by atoms with Crippen molar-refractivity contribution in [3.8, 4) is 28.7 Å². The number of ether oxygens (including phenoxy) is 1. The monoisotopic (exact) mass is 1460 g/mol. The molecule has 3 aliphatic rings. The van der Waals surface area contributed by atoms with Gasteiger partial charge in [0.15, 0.2) is 9.84 Å². The molecule has 2 aromatic heterocycles. The molecule has 5 aromatic rings. The van der Waals surface area contributed by atoms with Crippen LogP contribution >= 0.6 is 19.4 Å². The molecule has 98 heavy (non-hydrogen) atoms. The fourth-order valence-corrected chi connectivity index (χ4v) is 14.7. The predicted octanol–water partition coefficient (Wildman–Crippen LogP) is 14.7. The van der Waals surface area contributed by atoms with E-state index in [0.717, 1.165) is 24.5 Å². The van der Waals surface area contributed by atoms with Crippen LogP contribution in [0, 0.1) is 42.2 Å². The Morgan fingerprint density at radius 3 is 2.04 bits per heavy atom. The number of hydrogen-bond acceptors (Lipinski definition) is 14. The van der Waals surface area contributed by atoms with E-state index in [-0.39, 0.29) is 50.7 Å². The lowest BCUT2D eigenvalue weighted by Gasteiger charge is -2.34. The normalized spacial score (nSPS) is 18.2. The summed E-state index contributed by atoms with van der Waals surface area (Å²) in [5.41, 5.74) is -10.2. The van der Waals surface area contributed by atoms with E-state index >= 15 is 35.5 Å². The highest BCUT2D eigenvalue weighted by atomic mass is 35.5. The molecule has 2 amide bonds. The molecule has 18 nitrogen and oxygen atoms in total. The third kappa shape index (κ3) is 18.1. The first kappa shape index (κ1) is 77.0. The molecule has 1 fully saturated rings. The zero-order chi connectivity index (χ0) is 73.6. The van der Waals surface area contributed by atoms with Gasteiger partial charge in [0.05, 0.1) is 64.6 Å². The number of nitrogens with zero attached hydrogens (tertiary/aromatic N) is 5. The second-order valence-electron chi connectivity index (χ2n) is 28.6. The summed E-state index contributed by atoms with van der Waals surface area (Å²) in [5, 5.41) is 6.00. The largest absolute Gasteiger partial charge is 0.531 e. The van der Waals surface area contributed by atoms with E-state index in [4.69, 9.17) is 29.9 Å². The summed E-state index contributed by atoms with van der Waals surface area (Å²) in [5.74, 6) is -6.97. The molecule has 1 saturated carbocycles. The van der Waals surface area contributed by atoms with Crippen molar-refractivity contribution in [1.82, 2.24) is 24.4 Å². The van der Waals surface area contributed by atoms with Crippen molar-refractivity contribution in [3.63, 3.8) is 0 Å². The first-order valence-electron chi connectivity index (χ1n) is 30.5. The Bertz CT molecular complexity index is 4330. The Morgan fingerprint density at radius 1 is 0.888 bits per heavy atom. The lowest BCUT2D eigenvalue weighted by Crippen LogP contribution is -2.37. The molecule has 534 valence electrons. The summed E-state index contributed by atoms with van der Waals surface area (Å²) in [4.78, 5) is 51.4. The van der Waals surface area contributed by atoms with Gasteiger partial charge in [0.1, 0.15) is 45.7 Å². The molecule has 0 radical (unpaired) electrons. The fraction of sp³-hybridized carbons (Fsp3) is 0.515. The summed E-state index contributed by atoms with van der Waals surface area (Å²) < 4.78 is 239. The number of esters is 1. The average Bonchev–Trinajstić information content (AvgIpc) is 1.52. The van der Waals surface area contributed by atoms with Crippen LogP contribution in [0.2, 0.25) is 5.02 Å². The Kier molecular flexibility index (Phi) is 21.2. The van der Waals surface area contributed by atoms with Crippen molar-refractivity contribution in [3.05, 3.63) is 122 Å². The third-order valence-corrected chi connectivity index (χ3v) is 20.7. The topological polar surface area (TPSA) is 235 Å². The fourth-order valence-electron chi connectivity index (χ4n) is 11.9. The van der Waals surface area contributed by atoms with Crippen molar-refractivity contribution < 1.29 is 98.3 Å². The number of sulfone groups is 1. The molecule has 2 aliphatic carbocycles.